The van der Waals surface area contributed by atoms with Crippen LogP contribution in [-0.4, -0.2) is 40.4 Å². The van der Waals surface area contributed by atoms with Crippen molar-refractivity contribution in [2.24, 2.45) is 11.8 Å². The maximum Gasteiger partial charge on any atom is 0.384 e. The number of carbonyl (C=O) groups excluding carboxylic acids is 1. The lowest BCUT2D eigenvalue weighted by molar-refractivity contribution is -0.133. The van der Waals surface area contributed by atoms with Crippen molar-refractivity contribution >= 4 is 17.6 Å². The molecule has 144 valence electrons. The van der Waals surface area contributed by atoms with Gasteiger partial charge in [-0.2, -0.15) is 0 Å². The molecule has 4 nitrogen and oxygen atoms in total. The third kappa shape index (κ3) is 6.20. The van der Waals surface area contributed by atoms with Crippen LogP contribution in [-0.2, 0) is 9.53 Å². The van der Waals surface area contributed by atoms with Crippen molar-refractivity contribution in [3.63, 3.8) is 0 Å². The third-order valence-electron chi connectivity index (χ3n) is 5.42. The molecule has 0 radical (unpaired) electrons. The van der Waals surface area contributed by atoms with Gasteiger partial charge in [0, 0.05) is 17.7 Å². The zero-order valence-electron chi connectivity index (χ0n) is 15.5. The maximum atomic E-state index is 10.9. The third-order valence-corrected chi connectivity index (χ3v) is 5.93. The molecule has 2 aliphatic carbocycles. The fourth-order valence-electron chi connectivity index (χ4n) is 3.88. The minimum absolute atomic E-state index is 0.0912. The fourth-order valence-corrected chi connectivity index (χ4v) is 4.35. The molecular weight excluding hydrogens is 352 g/mol. The summed E-state index contributed by atoms with van der Waals surface area (Å²) in [5, 5.41) is 20.8. The molecule has 26 heavy (non-hydrogen) atoms. The highest BCUT2D eigenvalue weighted by Crippen LogP contribution is 2.39. The molecule has 2 saturated carbocycles. The smallest absolute Gasteiger partial charge is 0.384 e. The second-order valence-corrected chi connectivity index (χ2v) is 7.97. The summed E-state index contributed by atoms with van der Waals surface area (Å²) in [7, 11) is 1.31. The van der Waals surface area contributed by atoms with Gasteiger partial charge in [0.1, 0.15) is 5.60 Å². The summed E-state index contributed by atoms with van der Waals surface area (Å²) in [4.78, 5) is 10.9. The molecule has 0 aromatic rings. The molecule has 0 spiro atoms. The number of hydrogen-bond acceptors (Lipinski definition) is 4. The topological polar surface area (TPSA) is 66.8 Å². The number of aliphatic hydroxyl groups is 2. The van der Waals surface area contributed by atoms with Gasteiger partial charge in [-0.15, -0.1) is 11.6 Å². The number of rotatable bonds is 4. The Hall–Kier alpha value is -1.20. The normalized spacial score (nSPS) is 29.8. The van der Waals surface area contributed by atoms with Crippen LogP contribution in [0.5, 0.6) is 0 Å². The number of esters is 1. The number of alkyl halides is 1. The number of aliphatic hydroxyl groups excluding tert-OH is 1. The van der Waals surface area contributed by atoms with Crippen LogP contribution in [0.2, 0.25) is 0 Å². The van der Waals surface area contributed by atoms with E-state index in [4.69, 9.17) is 11.6 Å². The Morgan fingerprint density at radius 2 is 2.00 bits per heavy atom. The van der Waals surface area contributed by atoms with E-state index in [1.54, 1.807) is 0 Å². The summed E-state index contributed by atoms with van der Waals surface area (Å²) >= 11 is 6.45. The van der Waals surface area contributed by atoms with E-state index in [-0.39, 0.29) is 17.2 Å². The Bertz CT molecular complexity index is 589. The summed E-state index contributed by atoms with van der Waals surface area (Å²) in [6.45, 7) is 0. The minimum Gasteiger partial charge on any atom is -0.459 e. The standard InChI is InChI=1S/C21H29ClO4/c1-26-20(24)10-6-3-2-5-9-16-17(19(23)15-18(16)22)11-14-21(25)12-7-4-8-13-21/h16-19,23,25H,2-5,7-9,12-13,15H2,1H3/t16-,17-,18-,19-/m1/s1. The first-order valence-corrected chi connectivity index (χ1v) is 10.0. The van der Waals surface area contributed by atoms with Crippen LogP contribution < -0.4 is 0 Å². The van der Waals surface area contributed by atoms with Gasteiger partial charge in [-0.05, 0) is 50.9 Å². The second kappa shape index (κ2) is 10.2. The minimum atomic E-state index is -0.892. The van der Waals surface area contributed by atoms with Gasteiger partial charge in [0.25, 0.3) is 0 Å². The number of hydrogen-bond donors (Lipinski definition) is 2. The van der Waals surface area contributed by atoms with Crippen LogP contribution in [0.3, 0.4) is 0 Å². The molecule has 5 heteroatoms. The van der Waals surface area contributed by atoms with E-state index >= 15 is 0 Å². The van der Waals surface area contributed by atoms with Crippen molar-refractivity contribution < 1.29 is 19.7 Å². The summed E-state index contributed by atoms with van der Waals surface area (Å²) < 4.78 is 4.47. The zero-order chi connectivity index (χ0) is 19.0. The molecule has 0 unspecified atom stereocenters. The summed E-state index contributed by atoms with van der Waals surface area (Å²) in [5.74, 6) is 10.9. The quantitative estimate of drug-likeness (QED) is 0.259. The first kappa shape index (κ1) is 21.1. The van der Waals surface area contributed by atoms with E-state index in [2.05, 4.69) is 28.4 Å². The highest BCUT2D eigenvalue weighted by atomic mass is 35.5. The molecule has 0 aromatic heterocycles. The van der Waals surface area contributed by atoms with Crippen LogP contribution >= 0.6 is 11.6 Å². The molecule has 0 bridgehead atoms. The van der Waals surface area contributed by atoms with Gasteiger partial charge in [0.2, 0.25) is 0 Å². The monoisotopic (exact) mass is 380 g/mol. The maximum absolute atomic E-state index is 10.9. The average molecular weight is 381 g/mol. The van der Waals surface area contributed by atoms with Crippen molar-refractivity contribution in [3.8, 4) is 23.7 Å². The number of carbonyl (C=O) groups is 1. The summed E-state index contributed by atoms with van der Waals surface area (Å²) in [6, 6.07) is 0. The molecule has 2 rings (SSSR count). The van der Waals surface area contributed by atoms with Crippen LogP contribution in [0.25, 0.3) is 0 Å². The van der Waals surface area contributed by atoms with Gasteiger partial charge in [-0.25, -0.2) is 4.79 Å². The van der Waals surface area contributed by atoms with Crippen LogP contribution in [0.15, 0.2) is 0 Å². The number of methoxy groups -OCH3 is 1. The molecule has 0 aromatic carbocycles. The Morgan fingerprint density at radius 3 is 2.69 bits per heavy atom. The largest absolute Gasteiger partial charge is 0.459 e. The summed E-state index contributed by atoms with van der Waals surface area (Å²) in [5.41, 5.74) is -0.892. The SMILES string of the molecule is COC(=O)C#CCCCC[C@@H]1[C@@H](C#CC2(O)CCCCC2)[C@H](O)C[C@H]1Cl. The molecule has 2 fully saturated rings. The lowest BCUT2D eigenvalue weighted by atomic mass is 9.84. The van der Waals surface area contributed by atoms with Crippen molar-refractivity contribution in [3.05, 3.63) is 0 Å². The van der Waals surface area contributed by atoms with E-state index in [1.165, 1.54) is 7.11 Å². The second-order valence-electron chi connectivity index (χ2n) is 7.41. The number of halogens is 1. The van der Waals surface area contributed by atoms with Crippen LogP contribution in [0.4, 0.5) is 0 Å². The first-order valence-electron chi connectivity index (χ1n) is 9.59. The first-order chi connectivity index (χ1) is 12.4. The van der Waals surface area contributed by atoms with Crippen molar-refractivity contribution in [1.82, 2.24) is 0 Å². The number of unbranched alkanes of at least 4 members (excludes halogenated alkanes) is 2. The van der Waals surface area contributed by atoms with Crippen LogP contribution in [0.1, 0.15) is 64.2 Å². The van der Waals surface area contributed by atoms with Crippen molar-refractivity contribution in [1.29, 1.82) is 0 Å². The summed E-state index contributed by atoms with van der Waals surface area (Å²) in [6.07, 6.45) is 7.90. The van der Waals surface area contributed by atoms with Gasteiger partial charge >= 0.3 is 5.97 Å². The Labute approximate surface area is 161 Å². The highest BCUT2D eigenvalue weighted by molar-refractivity contribution is 6.21. The molecule has 2 N–H and O–H groups in total. The van der Waals surface area contributed by atoms with Gasteiger partial charge in [-0.3, -0.25) is 0 Å². The lowest BCUT2D eigenvalue weighted by Crippen LogP contribution is -2.30. The van der Waals surface area contributed by atoms with Gasteiger partial charge < -0.3 is 14.9 Å². The predicted molar refractivity (Wildman–Crippen MR) is 101 cm³/mol. The van der Waals surface area contributed by atoms with Gasteiger partial charge in [0.15, 0.2) is 0 Å². The van der Waals surface area contributed by atoms with Gasteiger partial charge in [-0.1, -0.05) is 30.6 Å². The van der Waals surface area contributed by atoms with E-state index in [0.717, 1.165) is 51.4 Å². The van der Waals surface area contributed by atoms with E-state index in [9.17, 15) is 15.0 Å². The molecular formula is C21H29ClO4. The lowest BCUT2D eigenvalue weighted by Gasteiger charge is -2.27. The molecule has 4 atom stereocenters. The molecule has 0 amide bonds. The van der Waals surface area contributed by atoms with Crippen LogP contribution in [0, 0.1) is 35.5 Å². The van der Waals surface area contributed by atoms with E-state index < -0.39 is 17.7 Å². The average Bonchev–Trinajstić information content (AvgIpc) is 2.89. The number of ether oxygens (including phenoxy) is 1. The van der Waals surface area contributed by atoms with E-state index in [0.29, 0.717) is 12.8 Å². The fraction of sp³-hybridized carbons (Fsp3) is 0.762. The highest BCUT2D eigenvalue weighted by Gasteiger charge is 2.40. The Morgan fingerprint density at radius 1 is 1.27 bits per heavy atom. The van der Waals surface area contributed by atoms with Gasteiger partial charge in [0.05, 0.1) is 19.1 Å². The Balaban J connectivity index is 1.87. The van der Waals surface area contributed by atoms with Crippen molar-refractivity contribution in [2.75, 3.05) is 7.11 Å². The van der Waals surface area contributed by atoms with Crippen molar-refractivity contribution in [2.45, 2.75) is 81.3 Å². The zero-order valence-corrected chi connectivity index (χ0v) is 16.2. The molecule has 0 aliphatic heterocycles. The molecule has 0 saturated heterocycles. The predicted octanol–water partition coefficient (Wildman–Crippen LogP) is 3.03. The van der Waals surface area contributed by atoms with E-state index in [1.807, 2.05) is 0 Å². The molecule has 0 heterocycles. The Kier molecular flexibility index (Phi) is 8.29. The molecule has 2 aliphatic rings.